The Morgan fingerprint density at radius 2 is 1.74 bits per heavy atom. The number of hydrazine groups is 1. The van der Waals surface area contributed by atoms with Crippen molar-refractivity contribution in [2.75, 3.05) is 12.3 Å². The van der Waals surface area contributed by atoms with Crippen molar-refractivity contribution in [1.29, 1.82) is 5.41 Å². The number of sulfonamides is 1. The summed E-state index contributed by atoms with van der Waals surface area (Å²) < 4.78 is 27.5. The van der Waals surface area contributed by atoms with Crippen LogP contribution in [0.4, 0.5) is 0 Å². The SMILES string of the molecule is CCCCCCCCS(=O)(=O)N[C@@H](CCCNC(=N)N[N+](=O)[O-])C(=O)N[C@@H](CC(C)C)B(O)O. The second kappa shape index (κ2) is 17.5. The second-order valence-corrected chi connectivity index (χ2v) is 10.6. The summed E-state index contributed by atoms with van der Waals surface area (Å²) in [5.41, 5.74) is 1.64. The molecule has 0 saturated carbocycles. The quantitative estimate of drug-likeness (QED) is 0.0318. The lowest BCUT2D eigenvalue weighted by Crippen LogP contribution is -2.54. The normalized spacial score (nSPS) is 13.2. The first-order chi connectivity index (χ1) is 15.9. The molecule has 7 N–H and O–H groups in total. The average Bonchev–Trinajstić information content (AvgIpc) is 2.71. The lowest BCUT2D eigenvalue weighted by Gasteiger charge is -2.24. The van der Waals surface area contributed by atoms with Gasteiger partial charge in [0.2, 0.25) is 15.9 Å². The predicted molar refractivity (Wildman–Crippen MR) is 131 cm³/mol. The molecule has 0 rings (SSSR count). The Morgan fingerprint density at radius 3 is 2.29 bits per heavy atom. The summed E-state index contributed by atoms with van der Waals surface area (Å²) >= 11 is 0. The van der Waals surface area contributed by atoms with Gasteiger partial charge in [0.25, 0.3) is 5.96 Å². The maximum Gasteiger partial charge on any atom is 0.475 e. The Bertz CT molecular complexity index is 724. The van der Waals surface area contributed by atoms with Crippen molar-refractivity contribution < 1.29 is 28.3 Å². The Kier molecular flexibility index (Phi) is 16.5. The molecule has 15 heteroatoms. The third-order valence-electron chi connectivity index (χ3n) is 4.99. The minimum absolute atomic E-state index is 0.0379. The molecule has 0 spiro atoms. The van der Waals surface area contributed by atoms with E-state index in [2.05, 4.69) is 22.3 Å². The molecule has 0 unspecified atom stereocenters. The molecule has 0 aromatic carbocycles. The molecule has 0 fully saturated rings. The van der Waals surface area contributed by atoms with Crippen molar-refractivity contribution >= 4 is 29.0 Å². The van der Waals surface area contributed by atoms with Crippen LogP contribution in [0.3, 0.4) is 0 Å². The summed E-state index contributed by atoms with van der Waals surface area (Å²) in [6.45, 7) is 5.88. The molecule has 0 aliphatic rings. The largest absolute Gasteiger partial charge is 0.475 e. The summed E-state index contributed by atoms with van der Waals surface area (Å²) in [5.74, 6) is -2.26. The van der Waals surface area contributed by atoms with Crippen LogP contribution >= 0.6 is 0 Å². The zero-order chi connectivity index (χ0) is 26.1. The van der Waals surface area contributed by atoms with Gasteiger partial charge in [-0.1, -0.05) is 58.3 Å². The average molecular weight is 508 g/mol. The highest BCUT2D eigenvalue weighted by Crippen LogP contribution is 2.09. The first kappa shape index (κ1) is 32.0. The van der Waals surface area contributed by atoms with Gasteiger partial charge in [0.05, 0.1) is 11.7 Å². The van der Waals surface area contributed by atoms with Crippen LogP contribution in [0.1, 0.15) is 78.6 Å². The van der Waals surface area contributed by atoms with Gasteiger partial charge in [0, 0.05) is 6.54 Å². The maximum atomic E-state index is 12.8. The number of unbranched alkanes of at least 4 members (excludes halogenated alkanes) is 5. The van der Waals surface area contributed by atoms with E-state index in [1.165, 1.54) is 0 Å². The fourth-order valence-corrected chi connectivity index (χ4v) is 4.65. The second-order valence-electron chi connectivity index (χ2n) is 8.73. The van der Waals surface area contributed by atoms with Gasteiger partial charge in [-0.3, -0.25) is 10.2 Å². The Balaban J connectivity index is 5.04. The fourth-order valence-electron chi connectivity index (χ4n) is 3.29. The van der Waals surface area contributed by atoms with Crippen molar-refractivity contribution in [3.8, 4) is 0 Å². The van der Waals surface area contributed by atoms with Gasteiger partial charge in [-0.05, 0) is 31.6 Å². The molecule has 0 heterocycles. The number of carbonyl (C=O) groups is 1. The van der Waals surface area contributed by atoms with E-state index in [-0.39, 0.29) is 37.5 Å². The number of nitrogens with one attached hydrogen (secondary N) is 5. The van der Waals surface area contributed by atoms with Crippen LogP contribution in [0.25, 0.3) is 0 Å². The number of nitrogens with zero attached hydrogens (tertiary/aromatic N) is 1. The van der Waals surface area contributed by atoms with Crippen LogP contribution in [0.2, 0.25) is 0 Å². The Labute approximate surface area is 202 Å². The zero-order valence-electron chi connectivity index (χ0n) is 20.4. The zero-order valence-corrected chi connectivity index (χ0v) is 21.2. The predicted octanol–water partition coefficient (Wildman–Crippen LogP) is 0.264. The van der Waals surface area contributed by atoms with Crippen LogP contribution < -0.4 is 20.8 Å². The Morgan fingerprint density at radius 1 is 1.12 bits per heavy atom. The van der Waals surface area contributed by atoms with E-state index in [9.17, 15) is 33.4 Å². The number of nitro groups is 1. The summed E-state index contributed by atoms with van der Waals surface area (Å²) in [7, 11) is -5.57. The fraction of sp³-hybridized carbons (Fsp3) is 0.895. The van der Waals surface area contributed by atoms with E-state index in [1.807, 2.05) is 13.8 Å². The molecule has 198 valence electrons. The molecule has 0 aliphatic heterocycles. The van der Waals surface area contributed by atoms with E-state index in [4.69, 9.17) is 5.41 Å². The van der Waals surface area contributed by atoms with Gasteiger partial charge in [0.15, 0.2) is 5.03 Å². The molecule has 0 aromatic rings. The number of amides is 1. The Hall–Kier alpha value is -1.97. The lowest BCUT2D eigenvalue weighted by atomic mass is 9.75. The number of hydrogen-bond acceptors (Lipinski definition) is 8. The highest BCUT2D eigenvalue weighted by atomic mass is 32.2. The van der Waals surface area contributed by atoms with E-state index in [0.717, 1.165) is 32.1 Å². The van der Waals surface area contributed by atoms with Crippen LogP contribution in [0.5, 0.6) is 0 Å². The van der Waals surface area contributed by atoms with E-state index >= 15 is 0 Å². The van der Waals surface area contributed by atoms with Gasteiger partial charge in [0.1, 0.15) is 6.04 Å². The molecule has 2 atom stereocenters. The summed E-state index contributed by atoms with van der Waals surface area (Å²) in [4.78, 5) is 23.1. The maximum absolute atomic E-state index is 12.8. The number of guanidine groups is 1. The summed E-state index contributed by atoms with van der Waals surface area (Å²) in [5, 5.41) is 40.9. The first-order valence-electron chi connectivity index (χ1n) is 11.8. The lowest BCUT2D eigenvalue weighted by molar-refractivity contribution is -0.525. The molecule has 0 aromatic heterocycles. The van der Waals surface area contributed by atoms with E-state index in [1.54, 1.807) is 5.43 Å². The standard InChI is InChI=1S/C19H41BN6O7S/c1-4-5-6-7-8-9-13-34(32,33)25-16(11-10-12-22-19(21)24-26(30)31)18(27)23-17(20(28)29)14-15(2)3/h15-17,25,28-29H,4-14H2,1-3H3,(H,23,27)(H3,21,22,24)/t16-,17-/m0/s1. The van der Waals surface area contributed by atoms with Gasteiger partial charge in [-0.2, -0.15) is 0 Å². The van der Waals surface area contributed by atoms with Crippen molar-refractivity contribution in [1.82, 2.24) is 20.8 Å². The van der Waals surface area contributed by atoms with Gasteiger partial charge in [-0.15, -0.1) is 0 Å². The molecule has 13 nitrogen and oxygen atoms in total. The molecule has 0 bridgehead atoms. The monoisotopic (exact) mass is 508 g/mol. The molecule has 0 saturated heterocycles. The van der Waals surface area contributed by atoms with Gasteiger partial charge in [-0.25, -0.2) is 23.3 Å². The molecule has 0 radical (unpaired) electrons. The molecule has 0 aliphatic carbocycles. The highest BCUT2D eigenvalue weighted by Gasteiger charge is 2.30. The molecule has 1 amide bonds. The van der Waals surface area contributed by atoms with Crippen molar-refractivity contribution in [3.05, 3.63) is 10.1 Å². The third-order valence-corrected chi connectivity index (χ3v) is 6.46. The first-order valence-corrected chi connectivity index (χ1v) is 13.4. The summed E-state index contributed by atoms with van der Waals surface area (Å²) in [6.07, 6.45) is 5.94. The topological polar surface area (TPSA) is 207 Å². The minimum atomic E-state index is -3.77. The van der Waals surface area contributed by atoms with Crippen LogP contribution in [-0.2, 0) is 14.8 Å². The molecule has 34 heavy (non-hydrogen) atoms. The minimum Gasteiger partial charge on any atom is -0.426 e. The van der Waals surface area contributed by atoms with E-state index < -0.39 is 46.0 Å². The van der Waals surface area contributed by atoms with Gasteiger partial charge < -0.3 is 20.7 Å². The molecular formula is C19H41BN6O7S. The number of hydrogen-bond donors (Lipinski definition) is 7. The smallest absolute Gasteiger partial charge is 0.426 e. The third kappa shape index (κ3) is 16.6. The highest BCUT2D eigenvalue weighted by molar-refractivity contribution is 7.89. The van der Waals surface area contributed by atoms with Crippen molar-refractivity contribution in [3.63, 3.8) is 0 Å². The van der Waals surface area contributed by atoms with Crippen LogP contribution in [0.15, 0.2) is 0 Å². The van der Waals surface area contributed by atoms with E-state index in [0.29, 0.717) is 6.42 Å². The summed E-state index contributed by atoms with van der Waals surface area (Å²) in [6, 6.07) is -1.17. The number of rotatable bonds is 19. The van der Waals surface area contributed by atoms with Crippen molar-refractivity contribution in [2.45, 2.75) is 90.5 Å². The number of carbonyl (C=O) groups excluding carboxylic acids is 1. The van der Waals surface area contributed by atoms with Crippen molar-refractivity contribution in [2.24, 2.45) is 5.92 Å². The molecular weight excluding hydrogens is 467 g/mol. The van der Waals surface area contributed by atoms with Gasteiger partial charge >= 0.3 is 7.12 Å². The van der Waals surface area contributed by atoms with Crippen LogP contribution in [0, 0.1) is 21.4 Å². The van der Waals surface area contributed by atoms with Crippen LogP contribution in [-0.4, -0.2) is 66.8 Å².